The largest absolute Gasteiger partial charge is 0.454 e. The third-order valence-corrected chi connectivity index (χ3v) is 5.46. The Hall–Kier alpha value is -3.00. The number of anilines is 1. The lowest BCUT2D eigenvalue weighted by atomic mass is 10.2. The van der Waals surface area contributed by atoms with Gasteiger partial charge >= 0.3 is 0 Å². The van der Waals surface area contributed by atoms with Gasteiger partial charge in [-0.15, -0.1) is 0 Å². The SMILES string of the molecule is O=C(Nc1c2c(nn1-c1ccc(F)cc1)CSC2)c1ccc2c(c1)OCO2. The maximum Gasteiger partial charge on any atom is 0.256 e. The topological polar surface area (TPSA) is 65.4 Å². The molecule has 0 radical (unpaired) electrons. The first-order valence-corrected chi connectivity index (χ1v) is 9.50. The molecule has 2 aliphatic rings. The highest BCUT2D eigenvalue weighted by Crippen LogP contribution is 2.37. The van der Waals surface area contributed by atoms with E-state index in [4.69, 9.17) is 9.47 Å². The summed E-state index contributed by atoms with van der Waals surface area (Å²) >= 11 is 1.75. The highest BCUT2D eigenvalue weighted by atomic mass is 32.2. The monoisotopic (exact) mass is 383 g/mol. The lowest BCUT2D eigenvalue weighted by Crippen LogP contribution is -2.16. The molecule has 3 heterocycles. The van der Waals surface area contributed by atoms with Crippen molar-refractivity contribution in [3.8, 4) is 17.2 Å². The fraction of sp³-hybridized carbons (Fsp3) is 0.158. The molecule has 0 aliphatic carbocycles. The lowest BCUT2D eigenvalue weighted by molar-refractivity contribution is 0.102. The van der Waals surface area contributed by atoms with Crippen LogP contribution in [0.25, 0.3) is 5.69 Å². The minimum Gasteiger partial charge on any atom is -0.454 e. The van der Waals surface area contributed by atoms with Crippen LogP contribution in [-0.4, -0.2) is 22.5 Å². The molecule has 5 rings (SSSR count). The Bertz CT molecular complexity index is 1050. The molecule has 0 atom stereocenters. The molecule has 6 nitrogen and oxygen atoms in total. The van der Waals surface area contributed by atoms with Crippen molar-refractivity contribution >= 4 is 23.5 Å². The van der Waals surface area contributed by atoms with E-state index in [1.54, 1.807) is 46.8 Å². The number of carbonyl (C=O) groups is 1. The zero-order valence-corrected chi connectivity index (χ0v) is 14.9. The van der Waals surface area contributed by atoms with Crippen LogP contribution >= 0.6 is 11.8 Å². The van der Waals surface area contributed by atoms with E-state index in [0.29, 0.717) is 28.6 Å². The van der Waals surface area contributed by atoms with Crippen molar-refractivity contribution in [2.45, 2.75) is 11.5 Å². The number of hydrogen-bond acceptors (Lipinski definition) is 5. The summed E-state index contributed by atoms with van der Waals surface area (Å²) in [6.07, 6.45) is 0. The summed E-state index contributed by atoms with van der Waals surface area (Å²) in [4.78, 5) is 12.8. The number of hydrogen-bond donors (Lipinski definition) is 1. The second-order valence-electron chi connectivity index (χ2n) is 6.18. The van der Waals surface area contributed by atoms with Crippen LogP contribution in [-0.2, 0) is 11.5 Å². The van der Waals surface area contributed by atoms with E-state index in [-0.39, 0.29) is 18.5 Å². The number of amides is 1. The molecule has 1 aromatic heterocycles. The fourth-order valence-corrected chi connectivity index (χ4v) is 4.16. The van der Waals surface area contributed by atoms with Crippen LogP contribution in [0.2, 0.25) is 0 Å². The van der Waals surface area contributed by atoms with Gasteiger partial charge in [0.1, 0.15) is 11.6 Å². The Morgan fingerprint density at radius 1 is 1.11 bits per heavy atom. The van der Waals surface area contributed by atoms with Gasteiger partial charge in [-0.05, 0) is 42.5 Å². The molecular formula is C19H14FN3O3S. The Kier molecular flexibility index (Phi) is 3.78. The van der Waals surface area contributed by atoms with Gasteiger partial charge in [-0.3, -0.25) is 4.79 Å². The predicted molar refractivity (Wildman–Crippen MR) is 99.0 cm³/mol. The number of halogens is 1. The molecule has 0 bridgehead atoms. The van der Waals surface area contributed by atoms with Crippen molar-refractivity contribution in [1.29, 1.82) is 0 Å². The Morgan fingerprint density at radius 2 is 1.93 bits per heavy atom. The molecule has 1 amide bonds. The number of nitrogens with one attached hydrogen (secondary N) is 1. The summed E-state index contributed by atoms with van der Waals surface area (Å²) in [6, 6.07) is 11.1. The average molecular weight is 383 g/mol. The second kappa shape index (κ2) is 6.31. The normalized spacial score (nSPS) is 14.3. The zero-order valence-electron chi connectivity index (χ0n) is 14.1. The summed E-state index contributed by atoms with van der Waals surface area (Å²) in [7, 11) is 0. The number of carbonyl (C=O) groups excluding carboxylic acids is 1. The van der Waals surface area contributed by atoms with Crippen LogP contribution in [0.15, 0.2) is 42.5 Å². The first-order chi connectivity index (χ1) is 13.2. The third kappa shape index (κ3) is 2.82. The van der Waals surface area contributed by atoms with Crippen LogP contribution in [0.4, 0.5) is 10.2 Å². The maximum absolute atomic E-state index is 13.3. The molecule has 0 unspecified atom stereocenters. The van der Waals surface area contributed by atoms with E-state index < -0.39 is 0 Å². The first kappa shape index (κ1) is 16.2. The number of fused-ring (bicyclic) bond motifs is 2. The predicted octanol–water partition coefficient (Wildman–Crippen LogP) is 3.74. The lowest BCUT2D eigenvalue weighted by Gasteiger charge is -2.11. The van der Waals surface area contributed by atoms with Gasteiger partial charge in [-0.2, -0.15) is 16.9 Å². The van der Waals surface area contributed by atoms with E-state index in [2.05, 4.69) is 10.4 Å². The summed E-state index contributed by atoms with van der Waals surface area (Å²) in [5.41, 5.74) is 3.09. The fourth-order valence-electron chi connectivity index (χ4n) is 3.13. The molecule has 136 valence electrons. The quantitative estimate of drug-likeness (QED) is 0.746. The van der Waals surface area contributed by atoms with Gasteiger partial charge in [-0.1, -0.05) is 0 Å². The molecule has 0 saturated carbocycles. The van der Waals surface area contributed by atoms with Crippen molar-refractivity contribution in [3.63, 3.8) is 0 Å². The first-order valence-electron chi connectivity index (χ1n) is 8.34. The standard InChI is InChI=1S/C19H14FN3O3S/c20-12-2-4-13(5-3-12)23-18(14-8-27-9-15(14)22-23)21-19(24)11-1-6-16-17(7-11)26-10-25-16/h1-7H,8-10H2,(H,21,24). The van der Waals surface area contributed by atoms with Crippen LogP contribution in [0, 0.1) is 5.82 Å². The van der Waals surface area contributed by atoms with Crippen molar-refractivity contribution in [2.75, 3.05) is 12.1 Å². The summed E-state index contributed by atoms with van der Waals surface area (Å²) in [6.45, 7) is 0.155. The van der Waals surface area contributed by atoms with Gasteiger partial charge in [0.2, 0.25) is 6.79 Å². The van der Waals surface area contributed by atoms with Crippen molar-refractivity contribution < 1.29 is 18.7 Å². The second-order valence-corrected chi connectivity index (χ2v) is 7.16. The Morgan fingerprint density at radius 3 is 2.78 bits per heavy atom. The van der Waals surface area contributed by atoms with Gasteiger partial charge < -0.3 is 14.8 Å². The molecular weight excluding hydrogens is 369 g/mol. The molecule has 27 heavy (non-hydrogen) atoms. The number of aromatic nitrogens is 2. The van der Waals surface area contributed by atoms with Crippen molar-refractivity contribution in [1.82, 2.24) is 9.78 Å². The number of thioether (sulfide) groups is 1. The summed E-state index contributed by atoms with van der Waals surface area (Å²) in [5.74, 6) is 2.76. The van der Waals surface area contributed by atoms with Gasteiger partial charge in [0.05, 0.1) is 11.4 Å². The van der Waals surface area contributed by atoms with Gasteiger partial charge in [0, 0.05) is 22.6 Å². The van der Waals surface area contributed by atoms with E-state index in [9.17, 15) is 9.18 Å². The van der Waals surface area contributed by atoms with E-state index >= 15 is 0 Å². The number of benzene rings is 2. The Labute approximate surface area is 158 Å². The van der Waals surface area contributed by atoms with Crippen LogP contribution in [0.1, 0.15) is 21.6 Å². The molecule has 0 saturated heterocycles. The summed E-state index contributed by atoms with van der Waals surface area (Å²) < 4.78 is 25.6. The van der Waals surface area contributed by atoms with Crippen molar-refractivity contribution in [3.05, 3.63) is 65.1 Å². The number of rotatable bonds is 3. The molecule has 3 aromatic rings. The third-order valence-electron chi connectivity index (χ3n) is 4.49. The molecule has 0 fully saturated rings. The van der Waals surface area contributed by atoms with Crippen LogP contribution in [0.5, 0.6) is 11.5 Å². The van der Waals surface area contributed by atoms with E-state index in [1.807, 2.05) is 0 Å². The molecule has 2 aliphatic heterocycles. The van der Waals surface area contributed by atoms with E-state index in [0.717, 1.165) is 22.8 Å². The summed E-state index contributed by atoms with van der Waals surface area (Å²) in [5, 5.41) is 7.58. The highest BCUT2D eigenvalue weighted by molar-refractivity contribution is 7.98. The molecule has 0 spiro atoms. The van der Waals surface area contributed by atoms with Crippen LogP contribution in [0.3, 0.4) is 0 Å². The van der Waals surface area contributed by atoms with Crippen LogP contribution < -0.4 is 14.8 Å². The zero-order chi connectivity index (χ0) is 18.4. The maximum atomic E-state index is 13.3. The van der Waals surface area contributed by atoms with E-state index in [1.165, 1.54) is 12.1 Å². The van der Waals surface area contributed by atoms with Crippen molar-refractivity contribution in [2.24, 2.45) is 0 Å². The minimum absolute atomic E-state index is 0.155. The molecule has 8 heteroatoms. The average Bonchev–Trinajstić information content (AvgIpc) is 3.38. The van der Waals surface area contributed by atoms with Gasteiger partial charge in [0.25, 0.3) is 5.91 Å². The number of ether oxygens (including phenoxy) is 2. The highest BCUT2D eigenvalue weighted by Gasteiger charge is 2.25. The van der Waals surface area contributed by atoms with Gasteiger partial charge in [-0.25, -0.2) is 9.07 Å². The Balaban J connectivity index is 1.51. The smallest absolute Gasteiger partial charge is 0.256 e. The van der Waals surface area contributed by atoms with Gasteiger partial charge in [0.15, 0.2) is 11.5 Å². The minimum atomic E-state index is -0.319. The number of nitrogens with zero attached hydrogens (tertiary/aromatic N) is 2. The molecule has 2 aromatic carbocycles. The molecule has 1 N–H and O–H groups in total.